The molecule has 0 saturated carbocycles. The highest BCUT2D eigenvalue weighted by Crippen LogP contribution is 2.34. The molecule has 102 valence electrons. The molecule has 4 rings (SSSR count). The summed E-state index contributed by atoms with van der Waals surface area (Å²) in [5.41, 5.74) is 1.84. The quantitative estimate of drug-likeness (QED) is 0.720. The standard InChI is InChI=1S/C14H13N3O2S/c1-8-4-5-10-9(7-8)12(17-19-10)14-16-15-13(18-14)11-3-2-6-20-11/h2-3,6,8H,4-5,7H2,1H3. The Hall–Kier alpha value is -1.95. The lowest BCUT2D eigenvalue weighted by molar-refractivity contribution is 0.356. The molecule has 3 heterocycles. The number of aromatic nitrogens is 3. The van der Waals surface area contributed by atoms with Crippen LogP contribution in [0.5, 0.6) is 0 Å². The second-order valence-corrected chi connectivity index (χ2v) is 6.12. The van der Waals surface area contributed by atoms with E-state index in [1.807, 2.05) is 17.5 Å². The fourth-order valence-electron chi connectivity index (χ4n) is 2.56. The molecule has 0 fully saturated rings. The molecular formula is C14H13N3O2S. The maximum absolute atomic E-state index is 5.74. The highest BCUT2D eigenvalue weighted by Gasteiger charge is 2.27. The zero-order chi connectivity index (χ0) is 13.5. The number of thiophene rings is 1. The molecule has 6 heteroatoms. The second-order valence-electron chi connectivity index (χ2n) is 5.17. The Kier molecular flexibility index (Phi) is 2.70. The predicted octanol–water partition coefficient (Wildman–Crippen LogP) is 3.58. The third kappa shape index (κ3) is 1.87. The van der Waals surface area contributed by atoms with E-state index in [1.165, 1.54) is 0 Å². The monoisotopic (exact) mass is 287 g/mol. The van der Waals surface area contributed by atoms with E-state index in [4.69, 9.17) is 8.94 Å². The lowest BCUT2D eigenvalue weighted by Crippen LogP contribution is -2.09. The van der Waals surface area contributed by atoms with Crippen molar-refractivity contribution in [3.05, 3.63) is 28.8 Å². The van der Waals surface area contributed by atoms with Crippen LogP contribution in [0.25, 0.3) is 22.4 Å². The van der Waals surface area contributed by atoms with Crippen LogP contribution in [0, 0.1) is 5.92 Å². The van der Waals surface area contributed by atoms with Crippen molar-refractivity contribution in [2.45, 2.75) is 26.2 Å². The molecule has 1 unspecified atom stereocenters. The normalized spacial score (nSPS) is 18.1. The van der Waals surface area contributed by atoms with Crippen LogP contribution in [-0.2, 0) is 12.8 Å². The SMILES string of the molecule is CC1CCc2onc(-c3nnc(-c4cccs4)o3)c2C1. The molecule has 1 atom stereocenters. The molecule has 0 aliphatic heterocycles. The van der Waals surface area contributed by atoms with Crippen molar-refractivity contribution in [1.82, 2.24) is 15.4 Å². The van der Waals surface area contributed by atoms with Gasteiger partial charge in [0.25, 0.3) is 11.8 Å². The summed E-state index contributed by atoms with van der Waals surface area (Å²) in [6, 6.07) is 3.92. The third-order valence-electron chi connectivity index (χ3n) is 3.65. The van der Waals surface area contributed by atoms with Gasteiger partial charge in [0.15, 0.2) is 5.69 Å². The van der Waals surface area contributed by atoms with Gasteiger partial charge in [-0.3, -0.25) is 0 Å². The summed E-state index contributed by atoms with van der Waals surface area (Å²) in [5, 5.41) is 14.3. The van der Waals surface area contributed by atoms with Crippen molar-refractivity contribution in [2.75, 3.05) is 0 Å². The predicted molar refractivity (Wildman–Crippen MR) is 74.3 cm³/mol. The van der Waals surface area contributed by atoms with Crippen LogP contribution in [0.4, 0.5) is 0 Å². The average Bonchev–Trinajstić information content (AvgIpc) is 3.17. The Bertz CT molecular complexity index is 730. The van der Waals surface area contributed by atoms with Crippen molar-refractivity contribution in [1.29, 1.82) is 0 Å². The van der Waals surface area contributed by atoms with Gasteiger partial charge in [-0.1, -0.05) is 18.1 Å². The van der Waals surface area contributed by atoms with Crippen LogP contribution in [-0.4, -0.2) is 15.4 Å². The topological polar surface area (TPSA) is 65.0 Å². The number of aryl methyl sites for hydroxylation is 1. The summed E-state index contributed by atoms with van der Waals surface area (Å²) >= 11 is 1.58. The molecular weight excluding hydrogens is 274 g/mol. The molecule has 0 saturated heterocycles. The zero-order valence-corrected chi connectivity index (χ0v) is 11.8. The maximum Gasteiger partial charge on any atom is 0.270 e. The number of hydrogen-bond donors (Lipinski definition) is 0. The van der Waals surface area contributed by atoms with E-state index in [1.54, 1.807) is 11.3 Å². The van der Waals surface area contributed by atoms with Gasteiger partial charge in [0.1, 0.15) is 5.76 Å². The summed E-state index contributed by atoms with van der Waals surface area (Å²) in [4.78, 5) is 0.967. The molecule has 0 aromatic carbocycles. The van der Waals surface area contributed by atoms with E-state index in [0.717, 1.165) is 35.5 Å². The summed E-state index contributed by atoms with van der Waals surface area (Å²) in [6.07, 6.45) is 3.05. The Morgan fingerprint density at radius 3 is 3.05 bits per heavy atom. The van der Waals surface area contributed by atoms with E-state index < -0.39 is 0 Å². The summed E-state index contributed by atoms with van der Waals surface area (Å²) in [6.45, 7) is 2.24. The molecule has 3 aromatic heterocycles. The van der Waals surface area contributed by atoms with Gasteiger partial charge in [0.2, 0.25) is 0 Å². The van der Waals surface area contributed by atoms with Gasteiger partial charge in [-0.05, 0) is 30.2 Å². The summed E-state index contributed by atoms with van der Waals surface area (Å²) < 4.78 is 11.2. The van der Waals surface area contributed by atoms with Crippen LogP contribution in [0.1, 0.15) is 24.7 Å². The molecule has 0 N–H and O–H groups in total. The Morgan fingerprint density at radius 1 is 1.30 bits per heavy atom. The molecule has 1 aliphatic carbocycles. The van der Waals surface area contributed by atoms with Gasteiger partial charge < -0.3 is 8.94 Å². The van der Waals surface area contributed by atoms with E-state index >= 15 is 0 Å². The van der Waals surface area contributed by atoms with E-state index in [0.29, 0.717) is 23.4 Å². The zero-order valence-electron chi connectivity index (χ0n) is 11.0. The molecule has 0 spiro atoms. The average molecular weight is 287 g/mol. The third-order valence-corrected chi connectivity index (χ3v) is 4.50. The lowest BCUT2D eigenvalue weighted by atomic mass is 9.88. The van der Waals surface area contributed by atoms with Crippen molar-refractivity contribution in [2.24, 2.45) is 5.92 Å². The van der Waals surface area contributed by atoms with Crippen molar-refractivity contribution in [3.63, 3.8) is 0 Å². The Labute approximate surface area is 119 Å². The van der Waals surface area contributed by atoms with E-state index in [9.17, 15) is 0 Å². The minimum absolute atomic E-state index is 0.451. The summed E-state index contributed by atoms with van der Waals surface area (Å²) in [7, 11) is 0. The first-order valence-electron chi connectivity index (χ1n) is 6.66. The van der Waals surface area contributed by atoms with Gasteiger partial charge in [-0.15, -0.1) is 21.5 Å². The molecule has 0 amide bonds. The van der Waals surface area contributed by atoms with Crippen LogP contribution in [0.15, 0.2) is 26.5 Å². The first kappa shape index (κ1) is 11.8. The smallest absolute Gasteiger partial charge is 0.270 e. The fraction of sp³-hybridized carbons (Fsp3) is 0.357. The number of hydrogen-bond acceptors (Lipinski definition) is 6. The van der Waals surface area contributed by atoms with E-state index in [-0.39, 0.29) is 0 Å². The maximum atomic E-state index is 5.74. The number of rotatable bonds is 2. The molecule has 3 aromatic rings. The van der Waals surface area contributed by atoms with Gasteiger partial charge in [-0.25, -0.2) is 0 Å². The van der Waals surface area contributed by atoms with Crippen molar-refractivity contribution >= 4 is 11.3 Å². The first-order valence-corrected chi connectivity index (χ1v) is 7.54. The number of nitrogens with zero attached hydrogens (tertiary/aromatic N) is 3. The van der Waals surface area contributed by atoms with E-state index in [2.05, 4.69) is 22.3 Å². The van der Waals surface area contributed by atoms with Crippen molar-refractivity contribution in [3.8, 4) is 22.4 Å². The molecule has 5 nitrogen and oxygen atoms in total. The van der Waals surface area contributed by atoms with Gasteiger partial charge >= 0.3 is 0 Å². The minimum atomic E-state index is 0.451. The van der Waals surface area contributed by atoms with Crippen molar-refractivity contribution < 1.29 is 8.94 Å². The lowest BCUT2D eigenvalue weighted by Gasteiger charge is -2.15. The number of fused-ring (bicyclic) bond motifs is 1. The Balaban J connectivity index is 1.74. The van der Waals surface area contributed by atoms with Crippen LogP contribution < -0.4 is 0 Å². The summed E-state index contributed by atoms with van der Waals surface area (Å²) in [5.74, 6) is 2.59. The largest absolute Gasteiger partial charge is 0.414 e. The second kappa shape index (κ2) is 4.56. The highest BCUT2D eigenvalue weighted by atomic mass is 32.1. The molecule has 20 heavy (non-hydrogen) atoms. The van der Waals surface area contributed by atoms with Gasteiger partial charge in [0, 0.05) is 12.0 Å². The fourth-order valence-corrected chi connectivity index (χ4v) is 3.21. The molecule has 0 bridgehead atoms. The van der Waals surface area contributed by atoms with Crippen LogP contribution >= 0.6 is 11.3 Å². The van der Waals surface area contributed by atoms with Crippen LogP contribution in [0.3, 0.4) is 0 Å². The molecule has 1 aliphatic rings. The highest BCUT2D eigenvalue weighted by molar-refractivity contribution is 7.13. The van der Waals surface area contributed by atoms with Gasteiger partial charge in [-0.2, -0.15) is 0 Å². The minimum Gasteiger partial charge on any atom is -0.414 e. The Morgan fingerprint density at radius 2 is 2.20 bits per heavy atom. The molecule has 0 radical (unpaired) electrons. The first-order chi connectivity index (χ1) is 9.81. The van der Waals surface area contributed by atoms with Crippen LogP contribution in [0.2, 0.25) is 0 Å². The van der Waals surface area contributed by atoms with Gasteiger partial charge in [0.05, 0.1) is 4.88 Å².